The van der Waals surface area contributed by atoms with E-state index in [1.54, 1.807) is 24.3 Å². The number of hydrogen-bond donors (Lipinski definition) is 5. The van der Waals surface area contributed by atoms with Crippen LogP contribution in [0.2, 0.25) is 5.02 Å². The average Bonchev–Trinajstić information content (AvgIpc) is 2.73. The van der Waals surface area contributed by atoms with Crippen LogP contribution in [0.5, 0.6) is 0 Å². The van der Waals surface area contributed by atoms with E-state index in [4.69, 9.17) is 17.3 Å². The molecule has 0 aliphatic carbocycles. The number of aromatic nitrogens is 2. The number of nitrogens with two attached hydrogens (primary N) is 1. The lowest BCUT2D eigenvalue weighted by Gasteiger charge is -2.16. The minimum atomic E-state index is -0.911. The first-order valence-corrected chi connectivity index (χ1v) is 9.38. The van der Waals surface area contributed by atoms with Gasteiger partial charge in [-0.3, -0.25) is 4.79 Å². The second-order valence-electron chi connectivity index (χ2n) is 6.40. The predicted molar refractivity (Wildman–Crippen MR) is 120 cm³/mol. The highest BCUT2D eigenvalue weighted by Crippen LogP contribution is 2.30. The van der Waals surface area contributed by atoms with Crippen LogP contribution >= 0.6 is 11.6 Å². The van der Waals surface area contributed by atoms with Crippen molar-refractivity contribution in [2.45, 2.75) is 13.2 Å². The number of primary amides is 1. The number of nitrogens with one attached hydrogen (secondary N) is 3. The highest BCUT2D eigenvalue weighted by Gasteiger charge is 2.11. The third-order valence-electron chi connectivity index (χ3n) is 4.22. The average molecular weight is 425 g/mol. The van der Waals surface area contributed by atoms with Gasteiger partial charge in [0.2, 0.25) is 11.9 Å². The van der Waals surface area contributed by atoms with Gasteiger partial charge in [-0.25, -0.2) is 4.98 Å². The van der Waals surface area contributed by atoms with Gasteiger partial charge >= 0.3 is 0 Å². The third kappa shape index (κ3) is 5.05. The molecule has 0 saturated carbocycles. The Morgan fingerprint density at radius 3 is 2.63 bits per heavy atom. The molecule has 3 aromatic rings. The van der Waals surface area contributed by atoms with Crippen LogP contribution in [0, 0.1) is 6.92 Å². The molecule has 0 fully saturated rings. The number of aryl methyl sites for hydroxylation is 1. The van der Waals surface area contributed by atoms with Crippen LogP contribution in [0.15, 0.2) is 61.3 Å². The van der Waals surface area contributed by atoms with Crippen molar-refractivity contribution in [3.8, 4) is 0 Å². The molecule has 3 rings (SSSR count). The summed E-state index contributed by atoms with van der Waals surface area (Å²) in [5.41, 5.74) is 8.56. The highest BCUT2D eigenvalue weighted by atomic mass is 35.5. The Bertz CT molecular complexity index is 1090. The molecule has 1 amide bonds. The van der Waals surface area contributed by atoms with E-state index in [2.05, 4.69) is 32.5 Å². The van der Waals surface area contributed by atoms with Crippen molar-refractivity contribution in [3.63, 3.8) is 0 Å². The summed E-state index contributed by atoms with van der Waals surface area (Å²) in [4.78, 5) is 20.1. The number of anilines is 5. The molecule has 1 unspecified atom stereocenters. The number of halogens is 1. The maximum absolute atomic E-state index is 11.5. The molecular formula is C21H21ClN6O2. The van der Waals surface area contributed by atoms with Crippen molar-refractivity contribution in [1.29, 1.82) is 0 Å². The summed E-state index contributed by atoms with van der Waals surface area (Å²) in [5, 5.41) is 19.2. The lowest BCUT2D eigenvalue weighted by atomic mass is 10.1. The molecule has 1 aromatic heterocycles. The van der Waals surface area contributed by atoms with Gasteiger partial charge in [-0.2, -0.15) is 4.98 Å². The lowest BCUT2D eigenvalue weighted by Crippen LogP contribution is -2.16. The Kier molecular flexibility index (Phi) is 6.51. The Balaban J connectivity index is 1.88. The topological polar surface area (TPSA) is 125 Å². The zero-order valence-electron chi connectivity index (χ0n) is 16.2. The van der Waals surface area contributed by atoms with Crippen molar-refractivity contribution < 1.29 is 9.90 Å². The Hall–Kier alpha value is -3.62. The molecule has 0 bridgehead atoms. The number of para-hydroxylation sites is 2. The van der Waals surface area contributed by atoms with E-state index in [0.717, 1.165) is 5.56 Å². The molecule has 1 heterocycles. The molecule has 1 atom stereocenters. The van der Waals surface area contributed by atoms with Crippen molar-refractivity contribution in [3.05, 3.63) is 77.5 Å². The molecule has 0 aliphatic heterocycles. The summed E-state index contributed by atoms with van der Waals surface area (Å²) >= 11 is 6.27. The predicted octanol–water partition coefficient (Wildman–Crippen LogP) is 3.94. The summed E-state index contributed by atoms with van der Waals surface area (Å²) in [5.74, 6) is 0.117. The first-order chi connectivity index (χ1) is 14.4. The van der Waals surface area contributed by atoms with Gasteiger partial charge < -0.3 is 26.8 Å². The van der Waals surface area contributed by atoms with Gasteiger partial charge in [0.05, 0.1) is 17.6 Å². The van der Waals surface area contributed by atoms with Crippen molar-refractivity contribution >= 4 is 46.3 Å². The quantitative estimate of drug-likeness (QED) is 0.274. The largest absolute Gasteiger partial charge is 0.370 e. The maximum Gasteiger partial charge on any atom is 0.248 e. The molecule has 9 heteroatoms. The number of carbonyl (C=O) groups excluding carboxylic acids is 1. The van der Waals surface area contributed by atoms with E-state index in [1.807, 2.05) is 25.1 Å². The Morgan fingerprint density at radius 1 is 1.20 bits per heavy atom. The van der Waals surface area contributed by atoms with Crippen LogP contribution in [0.4, 0.5) is 28.8 Å². The molecule has 2 aromatic carbocycles. The Morgan fingerprint density at radius 2 is 1.93 bits per heavy atom. The van der Waals surface area contributed by atoms with Crippen molar-refractivity contribution in [2.75, 3.05) is 16.0 Å². The van der Waals surface area contributed by atoms with Gasteiger partial charge in [-0.15, -0.1) is 0 Å². The van der Waals surface area contributed by atoms with Crippen LogP contribution in [0.25, 0.3) is 0 Å². The molecule has 6 N–H and O–H groups in total. The first kappa shape index (κ1) is 21.1. The second kappa shape index (κ2) is 9.25. The van der Waals surface area contributed by atoms with E-state index in [-0.39, 0.29) is 5.95 Å². The number of amides is 1. The number of aliphatic hydroxyl groups excluding tert-OH is 1. The zero-order valence-corrected chi connectivity index (χ0v) is 16.9. The minimum Gasteiger partial charge on any atom is -0.370 e. The fourth-order valence-electron chi connectivity index (χ4n) is 2.61. The number of nitrogens with zero attached hydrogens (tertiary/aromatic N) is 2. The maximum atomic E-state index is 11.5. The monoisotopic (exact) mass is 424 g/mol. The normalized spacial score (nSPS) is 11.4. The molecule has 0 radical (unpaired) electrons. The van der Waals surface area contributed by atoms with Crippen molar-refractivity contribution in [1.82, 2.24) is 9.97 Å². The van der Waals surface area contributed by atoms with E-state index in [0.29, 0.717) is 33.5 Å². The number of carbonyl (C=O) groups is 1. The van der Waals surface area contributed by atoms with Crippen molar-refractivity contribution in [2.24, 2.45) is 5.73 Å². The molecule has 8 nitrogen and oxygen atoms in total. The summed E-state index contributed by atoms with van der Waals surface area (Å²) in [6.07, 6.45) is 1.92. The first-order valence-electron chi connectivity index (χ1n) is 9.00. The summed E-state index contributed by atoms with van der Waals surface area (Å²) in [6.45, 7) is 5.43. The van der Waals surface area contributed by atoms with Crippen LogP contribution < -0.4 is 21.7 Å². The Labute approximate surface area is 178 Å². The summed E-state index contributed by atoms with van der Waals surface area (Å²) < 4.78 is 0. The third-order valence-corrected chi connectivity index (χ3v) is 4.50. The SMILES string of the molecule is C=CC(O)Nc1ccccc1Nc1nc(Nc2cc(C(N)=O)ccc2C)ncc1Cl. The van der Waals surface area contributed by atoms with Gasteiger partial charge in [-0.1, -0.05) is 36.4 Å². The molecule has 0 saturated heterocycles. The number of hydrogen-bond acceptors (Lipinski definition) is 7. The molecular weight excluding hydrogens is 404 g/mol. The second-order valence-corrected chi connectivity index (χ2v) is 6.81. The van der Waals surface area contributed by atoms with E-state index >= 15 is 0 Å². The van der Waals surface area contributed by atoms with Gasteiger partial charge in [0, 0.05) is 11.3 Å². The number of aliphatic hydroxyl groups is 1. The smallest absolute Gasteiger partial charge is 0.248 e. The zero-order chi connectivity index (χ0) is 21.7. The van der Waals surface area contributed by atoms with Crippen LogP contribution in [-0.2, 0) is 0 Å². The van der Waals surface area contributed by atoms with Gasteiger partial charge in [0.15, 0.2) is 5.82 Å². The lowest BCUT2D eigenvalue weighted by molar-refractivity contribution is 0.100. The fourth-order valence-corrected chi connectivity index (χ4v) is 2.75. The molecule has 0 aliphatic rings. The van der Waals surface area contributed by atoms with Crippen LogP contribution in [0.1, 0.15) is 15.9 Å². The van der Waals surface area contributed by atoms with E-state index in [9.17, 15) is 9.90 Å². The fraction of sp³-hybridized carbons (Fsp3) is 0.0952. The summed E-state index contributed by atoms with van der Waals surface area (Å²) in [6, 6.07) is 12.3. The minimum absolute atomic E-state index is 0.281. The van der Waals surface area contributed by atoms with E-state index < -0.39 is 12.1 Å². The number of rotatable bonds is 8. The van der Waals surface area contributed by atoms with Gasteiger partial charge in [0.25, 0.3) is 0 Å². The highest BCUT2D eigenvalue weighted by molar-refractivity contribution is 6.33. The van der Waals surface area contributed by atoms with E-state index in [1.165, 1.54) is 12.3 Å². The standard InChI is InChI=1S/C21H21ClN6O2/c1-3-18(29)25-15-6-4-5-7-16(15)26-20-14(22)11-24-21(28-20)27-17-10-13(19(23)30)9-8-12(17)2/h3-11,18,25,29H,1H2,2H3,(H2,23,30)(H2,24,26,27,28). The summed E-state index contributed by atoms with van der Waals surface area (Å²) in [7, 11) is 0. The van der Waals surface area contributed by atoms with Gasteiger partial charge in [-0.05, 0) is 42.8 Å². The molecule has 154 valence electrons. The van der Waals surface area contributed by atoms with Gasteiger partial charge in [0.1, 0.15) is 11.3 Å². The molecule has 30 heavy (non-hydrogen) atoms. The van der Waals surface area contributed by atoms with Crippen LogP contribution in [0.3, 0.4) is 0 Å². The van der Waals surface area contributed by atoms with Crippen LogP contribution in [-0.4, -0.2) is 27.2 Å². The molecule has 0 spiro atoms. The number of benzene rings is 2.